The Kier molecular flexibility index (Phi) is 3.98. The summed E-state index contributed by atoms with van der Waals surface area (Å²) in [7, 11) is 1.68. The maximum atomic E-state index is 5.98. The van der Waals surface area contributed by atoms with Crippen molar-refractivity contribution < 1.29 is 4.74 Å². The molecule has 0 heterocycles. The van der Waals surface area contributed by atoms with Crippen LogP contribution < -0.4 is 10.1 Å². The zero-order valence-corrected chi connectivity index (χ0v) is 12.5. The van der Waals surface area contributed by atoms with E-state index in [1.54, 1.807) is 7.11 Å². The van der Waals surface area contributed by atoms with Crippen LogP contribution in [0.4, 0.5) is 5.69 Å². The van der Waals surface area contributed by atoms with Gasteiger partial charge in [-0.15, -0.1) is 0 Å². The second-order valence-corrected chi connectivity index (χ2v) is 5.35. The molecule has 0 aromatic heterocycles. The Balaban J connectivity index is 1.78. The van der Waals surface area contributed by atoms with Gasteiger partial charge in [0.2, 0.25) is 0 Å². The lowest BCUT2D eigenvalue weighted by molar-refractivity contribution is 0.415. The largest absolute Gasteiger partial charge is 0.497 e. The van der Waals surface area contributed by atoms with Crippen molar-refractivity contribution in [2.75, 3.05) is 12.4 Å². The highest BCUT2D eigenvalue weighted by Gasteiger charge is 2.00. The molecule has 3 aromatic carbocycles. The predicted molar refractivity (Wildman–Crippen MR) is 89.3 cm³/mol. The summed E-state index contributed by atoms with van der Waals surface area (Å²) in [5.74, 6) is 0.882. The Labute approximate surface area is 129 Å². The Morgan fingerprint density at radius 2 is 1.76 bits per heavy atom. The molecule has 1 N–H and O–H groups in total. The predicted octanol–water partition coefficient (Wildman–Crippen LogP) is 5.11. The first-order valence-electron chi connectivity index (χ1n) is 6.81. The molecule has 3 rings (SSSR count). The maximum absolute atomic E-state index is 5.98. The van der Waals surface area contributed by atoms with Gasteiger partial charge < -0.3 is 10.1 Å². The van der Waals surface area contributed by atoms with Crippen LogP contribution in [-0.4, -0.2) is 7.11 Å². The number of fused-ring (bicyclic) bond motifs is 1. The van der Waals surface area contributed by atoms with Gasteiger partial charge in [-0.3, -0.25) is 0 Å². The molecule has 0 atom stereocenters. The SMILES string of the molecule is COc1ccc2cc(CNc3cccc(Cl)c3)ccc2c1. The molecule has 0 unspecified atom stereocenters. The first-order chi connectivity index (χ1) is 10.2. The van der Waals surface area contributed by atoms with E-state index >= 15 is 0 Å². The molecule has 0 aliphatic heterocycles. The molecular formula is C18H16ClNO. The molecule has 0 aliphatic rings. The minimum atomic E-state index is 0.741. The number of methoxy groups -OCH3 is 1. The number of anilines is 1. The van der Waals surface area contributed by atoms with Crippen molar-refractivity contribution >= 4 is 28.1 Å². The molecule has 0 spiro atoms. The van der Waals surface area contributed by atoms with E-state index < -0.39 is 0 Å². The number of halogens is 1. The normalized spacial score (nSPS) is 10.6. The fraction of sp³-hybridized carbons (Fsp3) is 0.111. The van der Waals surface area contributed by atoms with Crippen LogP contribution in [-0.2, 0) is 6.54 Å². The summed E-state index contributed by atoms with van der Waals surface area (Å²) in [4.78, 5) is 0. The van der Waals surface area contributed by atoms with Gasteiger partial charge in [0.05, 0.1) is 7.11 Å². The molecule has 21 heavy (non-hydrogen) atoms. The van der Waals surface area contributed by atoms with Crippen LogP contribution in [0.3, 0.4) is 0 Å². The highest BCUT2D eigenvalue weighted by molar-refractivity contribution is 6.30. The quantitative estimate of drug-likeness (QED) is 0.722. The number of ether oxygens (including phenoxy) is 1. The molecule has 0 aliphatic carbocycles. The molecule has 0 fully saturated rings. The molecule has 0 bridgehead atoms. The maximum Gasteiger partial charge on any atom is 0.119 e. The lowest BCUT2D eigenvalue weighted by Crippen LogP contribution is -1.99. The number of hydrogen-bond acceptors (Lipinski definition) is 2. The first-order valence-corrected chi connectivity index (χ1v) is 7.18. The zero-order valence-electron chi connectivity index (χ0n) is 11.8. The van der Waals surface area contributed by atoms with Gasteiger partial charge in [-0.25, -0.2) is 0 Å². The van der Waals surface area contributed by atoms with E-state index in [1.165, 1.54) is 16.3 Å². The summed E-state index contributed by atoms with van der Waals surface area (Å²) < 4.78 is 5.24. The van der Waals surface area contributed by atoms with Gasteiger partial charge in [0, 0.05) is 17.3 Å². The van der Waals surface area contributed by atoms with Crippen LogP contribution >= 0.6 is 11.6 Å². The number of benzene rings is 3. The van der Waals surface area contributed by atoms with Gasteiger partial charge in [0.25, 0.3) is 0 Å². The van der Waals surface area contributed by atoms with Crippen molar-refractivity contribution in [2.45, 2.75) is 6.54 Å². The van der Waals surface area contributed by atoms with Crippen molar-refractivity contribution in [2.24, 2.45) is 0 Å². The van der Waals surface area contributed by atoms with Crippen LogP contribution in [0.15, 0.2) is 60.7 Å². The Morgan fingerprint density at radius 1 is 0.952 bits per heavy atom. The van der Waals surface area contributed by atoms with Crippen molar-refractivity contribution in [1.29, 1.82) is 0 Å². The van der Waals surface area contributed by atoms with Crippen molar-refractivity contribution in [3.8, 4) is 5.75 Å². The highest BCUT2D eigenvalue weighted by Crippen LogP contribution is 2.22. The molecule has 106 valence electrons. The highest BCUT2D eigenvalue weighted by atomic mass is 35.5. The molecule has 0 amide bonds. The summed E-state index contributed by atoms with van der Waals surface area (Å²) in [6.07, 6.45) is 0. The van der Waals surface area contributed by atoms with Crippen molar-refractivity contribution in [3.63, 3.8) is 0 Å². The van der Waals surface area contributed by atoms with Gasteiger partial charge in [-0.1, -0.05) is 35.9 Å². The van der Waals surface area contributed by atoms with E-state index in [-0.39, 0.29) is 0 Å². The molecule has 0 saturated heterocycles. The lowest BCUT2D eigenvalue weighted by Gasteiger charge is -2.08. The van der Waals surface area contributed by atoms with Crippen LogP contribution in [0, 0.1) is 0 Å². The third kappa shape index (κ3) is 3.29. The topological polar surface area (TPSA) is 21.3 Å². The zero-order chi connectivity index (χ0) is 14.7. The van der Waals surface area contributed by atoms with Crippen LogP contribution in [0.25, 0.3) is 10.8 Å². The fourth-order valence-corrected chi connectivity index (χ4v) is 2.50. The smallest absolute Gasteiger partial charge is 0.119 e. The molecule has 3 aromatic rings. The standard InChI is InChI=1S/C18H16ClNO/c1-21-18-8-7-14-9-13(5-6-15(14)10-18)12-20-17-4-2-3-16(19)11-17/h2-11,20H,12H2,1H3. The van der Waals surface area contributed by atoms with E-state index in [4.69, 9.17) is 16.3 Å². The summed E-state index contributed by atoms with van der Waals surface area (Å²) in [5, 5.41) is 6.51. The van der Waals surface area contributed by atoms with Crippen molar-refractivity contribution in [1.82, 2.24) is 0 Å². The van der Waals surface area contributed by atoms with Crippen LogP contribution in [0.5, 0.6) is 5.75 Å². The minimum Gasteiger partial charge on any atom is -0.497 e. The third-order valence-corrected chi connectivity index (χ3v) is 3.67. The van der Waals surface area contributed by atoms with E-state index in [9.17, 15) is 0 Å². The molecule has 2 nitrogen and oxygen atoms in total. The monoisotopic (exact) mass is 297 g/mol. The van der Waals surface area contributed by atoms with E-state index in [0.717, 1.165) is 23.0 Å². The molecule has 0 saturated carbocycles. The third-order valence-electron chi connectivity index (χ3n) is 3.43. The summed E-state index contributed by atoms with van der Waals surface area (Å²) in [5.41, 5.74) is 2.25. The Morgan fingerprint density at radius 3 is 2.57 bits per heavy atom. The van der Waals surface area contributed by atoms with Gasteiger partial charge in [0.15, 0.2) is 0 Å². The molecule has 3 heteroatoms. The van der Waals surface area contributed by atoms with Crippen LogP contribution in [0.1, 0.15) is 5.56 Å². The molecular weight excluding hydrogens is 282 g/mol. The fourth-order valence-electron chi connectivity index (χ4n) is 2.31. The van der Waals surface area contributed by atoms with Crippen molar-refractivity contribution in [3.05, 3.63) is 71.2 Å². The van der Waals surface area contributed by atoms with Gasteiger partial charge >= 0.3 is 0 Å². The summed E-state index contributed by atoms with van der Waals surface area (Å²) in [6.45, 7) is 0.766. The Bertz CT molecular complexity index is 770. The van der Waals surface area contributed by atoms with Crippen LogP contribution in [0.2, 0.25) is 5.02 Å². The average Bonchev–Trinajstić information content (AvgIpc) is 2.52. The second kappa shape index (κ2) is 6.06. The molecule has 0 radical (unpaired) electrons. The lowest BCUT2D eigenvalue weighted by atomic mass is 10.1. The summed E-state index contributed by atoms with van der Waals surface area (Å²) >= 11 is 5.98. The average molecular weight is 298 g/mol. The number of nitrogens with one attached hydrogen (secondary N) is 1. The minimum absolute atomic E-state index is 0.741. The van der Waals surface area contributed by atoms with E-state index in [2.05, 4.69) is 29.6 Å². The first kappa shape index (κ1) is 13.8. The van der Waals surface area contributed by atoms with E-state index in [1.807, 2.05) is 36.4 Å². The van der Waals surface area contributed by atoms with E-state index in [0.29, 0.717) is 0 Å². The number of rotatable bonds is 4. The van der Waals surface area contributed by atoms with Gasteiger partial charge in [-0.05, 0) is 52.7 Å². The number of hydrogen-bond donors (Lipinski definition) is 1. The summed E-state index contributed by atoms with van der Waals surface area (Å²) in [6, 6.07) is 20.3. The van der Waals surface area contributed by atoms with Gasteiger partial charge in [-0.2, -0.15) is 0 Å². The second-order valence-electron chi connectivity index (χ2n) is 4.91. The Hall–Kier alpha value is -2.19. The van der Waals surface area contributed by atoms with Gasteiger partial charge in [0.1, 0.15) is 5.75 Å².